The molecule has 10 heteroatoms. The monoisotopic (exact) mass is 338 g/mol. The van der Waals surface area contributed by atoms with Gasteiger partial charge >= 0.3 is 11.7 Å². The molecule has 0 aliphatic carbocycles. The Bertz CT molecular complexity index is 693. The number of ether oxygens (including phenoxy) is 1. The van der Waals surface area contributed by atoms with Crippen LogP contribution >= 0.6 is 0 Å². The first-order chi connectivity index (χ1) is 11.0. The molecule has 0 bridgehead atoms. The summed E-state index contributed by atoms with van der Waals surface area (Å²) in [5.41, 5.74) is 1.26. The highest BCUT2D eigenvalue weighted by Crippen LogP contribution is 2.28. The summed E-state index contributed by atoms with van der Waals surface area (Å²) < 4.78 is 5.13. The van der Waals surface area contributed by atoms with Crippen molar-refractivity contribution in [2.24, 2.45) is 5.10 Å². The maximum absolute atomic E-state index is 11.7. The molecular formula is C14H18N4O6. The fourth-order valence-corrected chi connectivity index (χ4v) is 1.66. The molecule has 0 aliphatic rings. The van der Waals surface area contributed by atoms with Gasteiger partial charge in [-0.15, -0.1) is 0 Å². The largest absolute Gasteiger partial charge is 0.460 e. The van der Waals surface area contributed by atoms with Crippen molar-refractivity contribution >= 4 is 28.7 Å². The maximum atomic E-state index is 11.7. The number of esters is 1. The van der Waals surface area contributed by atoms with E-state index in [1.807, 2.05) is 0 Å². The van der Waals surface area contributed by atoms with Crippen LogP contribution in [0.5, 0.6) is 0 Å². The van der Waals surface area contributed by atoms with E-state index in [0.29, 0.717) is 5.71 Å². The smallest absolute Gasteiger partial charge is 0.312 e. The highest BCUT2D eigenvalue weighted by Gasteiger charge is 2.20. The van der Waals surface area contributed by atoms with Gasteiger partial charge in [0.15, 0.2) is 0 Å². The van der Waals surface area contributed by atoms with Crippen LogP contribution in [0.15, 0.2) is 23.3 Å². The highest BCUT2D eigenvalue weighted by molar-refractivity contribution is 5.98. The van der Waals surface area contributed by atoms with Gasteiger partial charge in [0.25, 0.3) is 5.69 Å². The van der Waals surface area contributed by atoms with E-state index in [2.05, 4.69) is 10.5 Å². The average molecular weight is 338 g/mol. The molecule has 1 rings (SSSR count). The van der Waals surface area contributed by atoms with Gasteiger partial charge in [0.1, 0.15) is 11.3 Å². The molecule has 1 aromatic rings. The lowest BCUT2D eigenvalue weighted by Gasteiger charge is -2.19. The van der Waals surface area contributed by atoms with Crippen molar-refractivity contribution in [1.82, 2.24) is 0 Å². The van der Waals surface area contributed by atoms with Gasteiger partial charge in [-0.3, -0.25) is 30.4 Å². The van der Waals surface area contributed by atoms with Gasteiger partial charge in [-0.1, -0.05) is 0 Å². The molecule has 24 heavy (non-hydrogen) atoms. The van der Waals surface area contributed by atoms with E-state index < -0.39 is 32.8 Å². The second-order valence-electron chi connectivity index (χ2n) is 5.94. The Morgan fingerprint density at radius 1 is 1.25 bits per heavy atom. The number of anilines is 1. The van der Waals surface area contributed by atoms with E-state index in [0.717, 1.165) is 12.1 Å². The lowest BCUT2D eigenvalue weighted by atomic mass is 10.2. The van der Waals surface area contributed by atoms with Crippen LogP contribution in [0.2, 0.25) is 0 Å². The van der Waals surface area contributed by atoms with Crippen LogP contribution in [0.3, 0.4) is 0 Å². The molecule has 0 unspecified atom stereocenters. The summed E-state index contributed by atoms with van der Waals surface area (Å²) in [5.74, 6) is -0.483. The Hall–Kier alpha value is -3.04. The second kappa shape index (κ2) is 7.49. The van der Waals surface area contributed by atoms with Crippen molar-refractivity contribution in [3.05, 3.63) is 38.4 Å². The summed E-state index contributed by atoms with van der Waals surface area (Å²) in [5, 5.41) is 25.5. The van der Waals surface area contributed by atoms with Crippen molar-refractivity contribution in [1.29, 1.82) is 0 Å². The van der Waals surface area contributed by atoms with Crippen LogP contribution in [0.25, 0.3) is 0 Å². The number of benzene rings is 1. The summed E-state index contributed by atoms with van der Waals surface area (Å²) in [6.07, 6.45) is -0.0922. The molecule has 130 valence electrons. The minimum Gasteiger partial charge on any atom is -0.460 e. The van der Waals surface area contributed by atoms with Crippen LogP contribution in [-0.4, -0.2) is 27.1 Å². The minimum absolute atomic E-state index is 0.0193. The molecule has 0 heterocycles. The number of rotatable bonds is 6. The van der Waals surface area contributed by atoms with Gasteiger partial charge in [-0.2, -0.15) is 5.10 Å². The number of nitro groups is 2. The first kappa shape index (κ1) is 19.0. The molecule has 0 fully saturated rings. The Kier molecular flexibility index (Phi) is 5.93. The third-order valence-corrected chi connectivity index (χ3v) is 2.58. The third-order valence-electron chi connectivity index (χ3n) is 2.58. The minimum atomic E-state index is -0.756. The SMILES string of the molecule is C/C(CC(=O)OC(C)(C)C)=N/Nc1ccc([N+](=O)[O-])cc1[N+](=O)[O-]. The van der Waals surface area contributed by atoms with E-state index >= 15 is 0 Å². The van der Waals surface area contributed by atoms with Gasteiger partial charge in [-0.05, 0) is 33.8 Å². The first-order valence-corrected chi connectivity index (χ1v) is 6.93. The fraction of sp³-hybridized carbons (Fsp3) is 0.429. The quantitative estimate of drug-likeness (QED) is 0.364. The predicted octanol–water partition coefficient (Wildman–Crippen LogP) is 3.02. The molecule has 0 saturated heterocycles. The van der Waals surface area contributed by atoms with Gasteiger partial charge in [0, 0.05) is 11.8 Å². The Balaban J connectivity index is 2.87. The number of nitro benzene ring substituents is 2. The first-order valence-electron chi connectivity index (χ1n) is 6.93. The fourth-order valence-electron chi connectivity index (χ4n) is 1.66. The summed E-state index contributed by atoms with van der Waals surface area (Å²) in [4.78, 5) is 31.8. The van der Waals surface area contributed by atoms with Gasteiger partial charge < -0.3 is 4.74 Å². The molecule has 1 N–H and O–H groups in total. The number of nitrogens with zero attached hydrogens (tertiary/aromatic N) is 3. The van der Waals surface area contributed by atoms with Crippen LogP contribution in [0.1, 0.15) is 34.1 Å². The molecule has 0 atom stereocenters. The number of nitrogens with one attached hydrogen (secondary N) is 1. The second-order valence-corrected chi connectivity index (χ2v) is 5.94. The molecular weight excluding hydrogens is 320 g/mol. The molecule has 10 nitrogen and oxygen atoms in total. The topological polar surface area (TPSA) is 137 Å². The van der Waals surface area contributed by atoms with E-state index in [4.69, 9.17) is 4.74 Å². The number of carbonyl (C=O) groups excluding carboxylic acids is 1. The maximum Gasteiger partial charge on any atom is 0.312 e. The van der Waals surface area contributed by atoms with E-state index in [9.17, 15) is 25.0 Å². The van der Waals surface area contributed by atoms with E-state index in [1.54, 1.807) is 27.7 Å². The lowest BCUT2D eigenvalue weighted by molar-refractivity contribution is -0.393. The molecule has 0 spiro atoms. The van der Waals surface area contributed by atoms with Crippen LogP contribution in [0.4, 0.5) is 17.1 Å². The van der Waals surface area contributed by atoms with Crippen LogP contribution in [-0.2, 0) is 9.53 Å². The zero-order valence-corrected chi connectivity index (χ0v) is 13.7. The molecule has 0 radical (unpaired) electrons. The van der Waals surface area contributed by atoms with Crippen molar-refractivity contribution in [2.45, 2.75) is 39.7 Å². The molecule has 0 aromatic heterocycles. The van der Waals surface area contributed by atoms with Crippen molar-refractivity contribution < 1.29 is 19.4 Å². The van der Waals surface area contributed by atoms with Crippen molar-refractivity contribution in [2.75, 3.05) is 5.43 Å². The standard InChI is InChI=1S/C14H18N4O6/c1-9(7-13(19)24-14(2,3)4)15-16-11-6-5-10(17(20)21)8-12(11)18(22)23/h5-6,8,16H,7H2,1-4H3/b15-9-. The van der Waals surface area contributed by atoms with Crippen molar-refractivity contribution in [3.63, 3.8) is 0 Å². The van der Waals surface area contributed by atoms with Gasteiger partial charge in [0.2, 0.25) is 0 Å². The molecule has 0 aliphatic heterocycles. The average Bonchev–Trinajstić information content (AvgIpc) is 2.42. The predicted molar refractivity (Wildman–Crippen MR) is 86.9 cm³/mol. The lowest BCUT2D eigenvalue weighted by Crippen LogP contribution is -2.25. The summed E-state index contributed by atoms with van der Waals surface area (Å²) in [7, 11) is 0. The summed E-state index contributed by atoms with van der Waals surface area (Å²) in [6.45, 7) is 6.75. The highest BCUT2D eigenvalue weighted by atomic mass is 16.6. The number of carbonyl (C=O) groups is 1. The Labute approximate surface area is 137 Å². The number of hydrogen-bond acceptors (Lipinski definition) is 8. The summed E-state index contributed by atoms with van der Waals surface area (Å²) >= 11 is 0. The Morgan fingerprint density at radius 2 is 1.88 bits per heavy atom. The third kappa shape index (κ3) is 5.99. The van der Waals surface area contributed by atoms with Crippen molar-refractivity contribution in [3.8, 4) is 0 Å². The normalized spacial score (nSPS) is 11.8. The number of non-ortho nitro benzene ring substituents is 1. The Morgan fingerprint density at radius 3 is 2.38 bits per heavy atom. The molecule has 1 aromatic carbocycles. The van der Waals surface area contributed by atoms with Crippen LogP contribution in [0, 0.1) is 20.2 Å². The van der Waals surface area contributed by atoms with E-state index in [1.165, 1.54) is 6.07 Å². The summed E-state index contributed by atoms with van der Waals surface area (Å²) in [6, 6.07) is 3.13. The molecule has 0 amide bonds. The van der Waals surface area contributed by atoms with Gasteiger partial charge in [-0.25, -0.2) is 0 Å². The zero-order valence-electron chi connectivity index (χ0n) is 13.7. The number of hydrazone groups is 1. The van der Waals surface area contributed by atoms with E-state index in [-0.39, 0.29) is 12.1 Å². The van der Waals surface area contributed by atoms with Crippen LogP contribution < -0.4 is 5.43 Å². The zero-order chi connectivity index (χ0) is 18.5. The molecule has 0 saturated carbocycles. The van der Waals surface area contributed by atoms with Gasteiger partial charge in [0.05, 0.1) is 22.3 Å². The number of hydrogen-bond donors (Lipinski definition) is 1.